The Balaban J connectivity index is 1.50. The Morgan fingerprint density at radius 1 is 1.12 bits per heavy atom. The van der Waals surface area contributed by atoms with Crippen LogP contribution in [0.3, 0.4) is 0 Å². The molecule has 1 amide bonds. The van der Waals surface area contributed by atoms with E-state index in [0.717, 1.165) is 22.8 Å². The molecule has 0 saturated heterocycles. The minimum Gasteiger partial charge on any atom is -0.456 e. The number of ether oxygens (including phenoxy) is 1. The van der Waals surface area contributed by atoms with Gasteiger partial charge in [-0.25, -0.2) is 0 Å². The molecule has 6 nitrogen and oxygen atoms in total. The fourth-order valence-electron chi connectivity index (χ4n) is 2.45. The van der Waals surface area contributed by atoms with E-state index in [1.165, 1.54) is 0 Å². The number of benzene rings is 2. The van der Waals surface area contributed by atoms with Crippen molar-refractivity contribution in [2.45, 2.75) is 19.3 Å². The highest BCUT2D eigenvalue weighted by Gasteiger charge is 2.14. The molecular weight excluding hydrogens is 338 g/mol. The van der Waals surface area contributed by atoms with Gasteiger partial charge in [-0.15, -0.1) is 0 Å². The summed E-state index contributed by atoms with van der Waals surface area (Å²) in [6.45, 7) is 1.63. The lowest BCUT2D eigenvalue weighted by atomic mass is 9.98. The summed E-state index contributed by atoms with van der Waals surface area (Å²) < 4.78 is 13.3. The van der Waals surface area contributed by atoms with E-state index in [0.29, 0.717) is 11.2 Å². The largest absolute Gasteiger partial charge is 0.456 e. The molecule has 0 radical (unpaired) electrons. The first-order chi connectivity index (χ1) is 12.1. The molecule has 7 heteroatoms. The Hall–Kier alpha value is -2.80. The summed E-state index contributed by atoms with van der Waals surface area (Å²) in [4.78, 5) is 23.9. The Morgan fingerprint density at radius 3 is 2.72 bits per heavy atom. The number of hydrogen-bond donors (Lipinski definition) is 1. The number of nitrogens with one attached hydrogen (secondary N) is 1. The molecule has 3 aromatic rings. The maximum atomic E-state index is 12.0. The summed E-state index contributed by atoms with van der Waals surface area (Å²) in [7, 11) is 0. The molecule has 0 spiro atoms. The lowest BCUT2D eigenvalue weighted by Crippen LogP contribution is -2.21. The van der Waals surface area contributed by atoms with Crippen molar-refractivity contribution in [1.82, 2.24) is 8.75 Å². The van der Waals surface area contributed by atoms with Crippen LogP contribution in [-0.4, -0.2) is 27.2 Å². The maximum absolute atomic E-state index is 12.0. The third-order valence-corrected chi connectivity index (χ3v) is 4.31. The van der Waals surface area contributed by atoms with Crippen LogP contribution in [0.5, 0.6) is 0 Å². The fourth-order valence-corrected chi connectivity index (χ4v) is 3.00. The van der Waals surface area contributed by atoms with Gasteiger partial charge in [0.1, 0.15) is 11.0 Å². The molecule has 1 N–H and O–H groups in total. The molecule has 1 atom stereocenters. The van der Waals surface area contributed by atoms with E-state index in [4.69, 9.17) is 4.74 Å². The number of carbonyl (C=O) groups is 2. The molecule has 3 rings (SSSR count). The van der Waals surface area contributed by atoms with Gasteiger partial charge < -0.3 is 10.1 Å². The lowest BCUT2D eigenvalue weighted by molar-refractivity contribution is -0.147. The van der Waals surface area contributed by atoms with Gasteiger partial charge in [-0.05, 0) is 23.6 Å². The Labute approximate surface area is 149 Å². The van der Waals surface area contributed by atoms with Crippen molar-refractivity contribution < 1.29 is 14.3 Å². The Kier molecular flexibility index (Phi) is 5.35. The lowest BCUT2D eigenvalue weighted by Gasteiger charge is -2.11. The monoisotopic (exact) mass is 355 g/mol. The molecule has 0 unspecified atom stereocenters. The highest BCUT2D eigenvalue weighted by atomic mass is 32.1. The van der Waals surface area contributed by atoms with Crippen LogP contribution >= 0.6 is 11.7 Å². The van der Waals surface area contributed by atoms with Crippen LogP contribution in [0.15, 0.2) is 48.5 Å². The van der Waals surface area contributed by atoms with Gasteiger partial charge in [0.25, 0.3) is 5.91 Å². The first kappa shape index (κ1) is 17.0. The number of esters is 1. The van der Waals surface area contributed by atoms with Crippen molar-refractivity contribution in [3.63, 3.8) is 0 Å². The van der Waals surface area contributed by atoms with Crippen molar-refractivity contribution in [1.29, 1.82) is 0 Å². The number of aromatic nitrogens is 2. The SMILES string of the molecule is C[C@H](CC(=O)OCC(=O)Nc1cccc2nsnc12)c1ccccc1. The van der Waals surface area contributed by atoms with E-state index in [1.807, 2.05) is 43.3 Å². The summed E-state index contributed by atoms with van der Waals surface area (Å²) in [5, 5.41) is 2.70. The van der Waals surface area contributed by atoms with Crippen LogP contribution in [0, 0.1) is 0 Å². The first-order valence-electron chi connectivity index (χ1n) is 7.85. The molecular formula is C18H17N3O3S. The zero-order valence-electron chi connectivity index (χ0n) is 13.6. The van der Waals surface area contributed by atoms with Crippen LogP contribution in [0.25, 0.3) is 11.0 Å². The minimum absolute atomic E-state index is 0.0339. The molecule has 128 valence electrons. The molecule has 1 heterocycles. The molecule has 2 aromatic carbocycles. The molecule has 0 bridgehead atoms. The van der Waals surface area contributed by atoms with Gasteiger partial charge in [0.2, 0.25) is 0 Å². The summed E-state index contributed by atoms with van der Waals surface area (Å²) in [6.07, 6.45) is 0.225. The van der Waals surface area contributed by atoms with E-state index in [1.54, 1.807) is 12.1 Å². The molecule has 0 saturated carbocycles. The zero-order chi connectivity index (χ0) is 17.6. The second-order valence-corrected chi connectivity index (χ2v) is 6.19. The number of carbonyl (C=O) groups excluding carboxylic acids is 2. The second kappa shape index (κ2) is 7.85. The van der Waals surface area contributed by atoms with E-state index in [2.05, 4.69) is 14.1 Å². The number of amides is 1. The fraction of sp³-hybridized carbons (Fsp3) is 0.222. The minimum atomic E-state index is -0.403. The van der Waals surface area contributed by atoms with E-state index in [9.17, 15) is 9.59 Å². The normalized spacial score (nSPS) is 11.9. The van der Waals surface area contributed by atoms with Crippen molar-refractivity contribution in [3.8, 4) is 0 Å². The van der Waals surface area contributed by atoms with Gasteiger partial charge >= 0.3 is 5.97 Å². The molecule has 25 heavy (non-hydrogen) atoms. The summed E-state index contributed by atoms with van der Waals surface area (Å²) in [6, 6.07) is 15.1. The molecule has 1 aromatic heterocycles. The van der Waals surface area contributed by atoms with Crippen LogP contribution < -0.4 is 5.32 Å². The number of nitrogens with zero attached hydrogens (tertiary/aromatic N) is 2. The topological polar surface area (TPSA) is 81.2 Å². The molecule has 0 aliphatic rings. The highest BCUT2D eigenvalue weighted by molar-refractivity contribution is 7.00. The van der Waals surface area contributed by atoms with Crippen molar-refractivity contribution >= 4 is 40.3 Å². The Morgan fingerprint density at radius 2 is 1.92 bits per heavy atom. The van der Waals surface area contributed by atoms with Gasteiger partial charge in [0.05, 0.1) is 23.8 Å². The van der Waals surface area contributed by atoms with Gasteiger partial charge in [-0.3, -0.25) is 9.59 Å². The van der Waals surface area contributed by atoms with Gasteiger partial charge in [0.15, 0.2) is 6.61 Å². The van der Waals surface area contributed by atoms with Gasteiger partial charge in [0, 0.05) is 0 Å². The summed E-state index contributed by atoms with van der Waals surface area (Å²) >= 11 is 1.08. The second-order valence-electron chi connectivity index (χ2n) is 5.66. The van der Waals surface area contributed by atoms with Crippen LogP contribution in [0.2, 0.25) is 0 Å². The van der Waals surface area contributed by atoms with Gasteiger partial charge in [-0.2, -0.15) is 8.75 Å². The standard InChI is InChI=1S/C18H17N3O3S/c1-12(13-6-3-2-4-7-13)10-17(23)24-11-16(22)19-14-8-5-9-15-18(14)21-25-20-15/h2-9,12H,10-11H2,1H3,(H,19,22)/t12-/m1/s1. The number of fused-ring (bicyclic) bond motifs is 1. The zero-order valence-corrected chi connectivity index (χ0v) is 14.5. The average molecular weight is 355 g/mol. The average Bonchev–Trinajstić information content (AvgIpc) is 3.10. The summed E-state index contributed by atoms with van der Waals surface area (Å²) in [5.74, 6) is -0.771. The van der Waals surface area contributed by atoms with E-state index < -0.39 is 11.9 Å². The van der Waals surface area contributed by atoms with Crippen molar-refractivity contribution in [2.24, 2.45) is 0 Å². The highest BCUT2D eigenvalue weighted by Crippen LogP contribution is 2.21. The smallest absolute Gasteiger partial charge is 0.306 e. The molecule has 0 aliphatic carbocycles. The Bertz CT molecular complexity index is 879. The number of anilines is 1. The van der Waals surface area contributed by atoms with Crippen molar-refractivity contribution in [2.75, 3.05) is 11.9 Å². The molecule has 0 fully saturated rings. The summed E-state index contributed by atoms with van der Waals surface area (Å²) in [5.41, 5.74) is 2.97. The predicted molar refractivity (Wildman–Crippen MR) is 96.5 cm³/mol. The molecule has 0 aliphatic heterocycles. The van der Waals surface area contributed by atoms with E-state index in [-0.39, 0.29) is 18.9 Å². The number of rotatable bonds is 6. The quantitative estimate of drug-likeness (QED) is 0.686. The van der Waals surface area contributed by atoms with Crippen LogP contribution in [-0.2, 0) is 14.3 Å². The van der Waals surface area contributed by atoms with Crippen molar-refractivity contribution in [3.05, 3.63) is 54.1 Å². The predicted octanol–water partition coefficient (Wildman–Crippen LogP) is 3.37. The third kappa shape index (κ3) is 4.39. The number of hydrogen-bond acceptors (Lipinski definition) is 6. The maximum Gasteiger partial charge on any atom is 0.306 e. The first-order valence-corrected chi connectivity index (χ1v) is 8.58. The third-order valence-electron chi connectivity index (χ3n) is 3.77. The van der Waals surface area contributed by atoms with Gasteiger partial charge in [-0.1, -0.05) is 43.3 Å². The van der Waals surface area contributed by atoms with Crippen LogP contribution in [0.4, 0.5) is 5.69 Å². The van der Waals surface area contributed by atoms with E-state index >= 15 is 0 Å². The van der Waals surface area contributed by atoms with Crippen LogP contribution in [0.1, 0.15) is 24.8 Å².